The first-order valence-corrected chi connectivity index (χ1v) is 8.57. The number of carbonyl (C=O) groups is 2. The number of carboxylic acid groups (broad SMARTS) is 1. The third-order valence-corrected chi connectivity index (χ3v) is 4.23. The van der Waals surface area contributed by atoms with Gasteiger partial charge in [0, 0.05) is 32.7 Å². The zero-order chi connectivity index (χ0) is 19.1. The van der Waals surface area contributed by atoms with Crippen LogP contribution in [0.25, 0.3) is 0 Å². The Kier molecular flexibility index (Phi) is 7.26. The normalized spacial score (nSPS) is 14.5. The van der Waals surface area contributed by atoms with Gasteiger partial charge in [0.25, 0.3) is 0 Å². The number of rotatable bonds is 7. The van der Waals surface area contributed by atoms with Crippen LogP contribution < -0.4 is 15.0 Å². The highest BCUT2D eigenvalue weighted by molar-refractivity contribution is 6.27. The van der Waals surface area contributed by atoms with Crippen LogP contribution in [-0.2, 0) is 11.2 Å². The molecule has 1 saturated heterocycles. The van der Waals surface area contributed by atoms with E-state index in [1.807, 2.05) is 4.90 Å². The first-order chi connectivity index (χ1) is 12.4. The van der Waals surface area contributed by atoms with E-state index in [9.17, 15) is 18.4 Å². The Bertz CT molecular complexity index is 640. The van der Waals surface area contributed by atoms with E-state index in [0.717, 1.165) is 5.56 Å². The number of nitrogens with zero attached hydrogens (tertiary/aromatic N) is 2. The summed E-state index contributed by atoms with van der Waals surface area (Å²) in [5, 5.41) is 11.6. The zero-order valence-electron chi connectivity index (χ0n) is 14.0. The number of alkyl halides is 3. The number of anilines is 1. The van der Waals surface area contributed by atoms with E-state index in [1.54, 1.807) is 12.1 Å². The molecule has 1 heterocycles. The molecule has 0 atom stereocenters. The lowest BCUT2D eigenvalue weighted by atomic mass is 10.1. The largest absolute Gasteiger partial charge is 0.465 e. The number of nitrogens with one attached hydrogen (secondary N) is 1. The molecule has 0 unspecified atom stereocenters. The summed E-state index contributed by atoms with van der Waals surface area (Å²) in [5.41, 5.74) is 1.22. The predicted octanol–water partition coefficient (Wildman–Crippen LogP) is 1.99. The maximum absolute atomic E-state index is 12.8. The number of hydrogen-bond acceptors (Lipinski definition) is 4. The number of carbonyl (C=O) groups excluding carboxylic acids is 1. The van der Waals surface area contributed by atoms with Gasteiger partial charge in [-0.15, -0.1) is 11.6 Å². The lowest BCUT2D eigenvalue weighted by Crippen LogP contribution is -2.48. The number of amides is 2. The molecular formula is C16H20ClF2N3O4. The first-order valence-electron chi connectivity index (χ1n) is 8.04. The van der Waals surface area contributed by atoms with E-state index < -0.39 is 12.7 Å². The van der Waals surface area contributed by atoms with Gasteiger partial charge >= 0.3 is 12.7 Å². The standard InChI is InChI=1S/C16H20ClF2N3O4/c17-10-14(23)20-4-3-11-1-2-12(13(9-11)26-15(18)19)21-5-7-22(8-6-21)16(24)25/h1-2,9,15H,3-8,10H2,(H,20,23)(H,24,25). The summed E-state index contributed by atoms with van der Waals surface area (Å²) < 4.78 is 30.2. The topological polar surface area (TPSA) is 82.1 Å². The van der Waals surface area contributed by atoms with Gasteiger partial charge in [0.05, 0.1) is 5.69 Å². The average molecular weight is 392 g/mol. The molecule has 2 rings (SSSR count). The van der Waals surface area contributed by atoms with Crippen molar-refractivity contribution in [2.24, 2.45) is 0 Å². The monoisotopic (exact) mass is 391 g/mol. The molecule has 1 fully saturated rings. The molecule has 2 amide bonds. The number of piperazine rings is 1. The molecule has 0 radical (unpaired) electrons. The van der Waals surface area contributed by atoms with Crippen LogP contribution in [0, 0.1) is 0 Å². The van der Waals surface area contributed by atoms with Crippen molar-refractivity contribution >= 4 is 29.3 Å². The maximum atomic E-state index is 12.8. The minimum atomic E-state index is -2.97. The number of hydrogen-bond donors (Lipinski definition) is 2. The fourth-order valence-corrected chi connectivity index (χ4v) is 2.79. The molecule has 1 aromatic rings. The second-order valence-electron chi connectivity index (χ2n) is 5.67. The fraction of sp³-hybridized carbons (Fsp3) is 0.500. The smallest absolute Gasteiger partial charge is 0.407 e. The second-order valence-corrected chi connectivity index (χ2v) is 5.94. The quantitative estimate of drug-likeness (QED) is 0.695. The Hall–Kier alpha value is -2.29. The van der Waals surface area contributed by atoms with Crippen LogP contribution in [0.1, 0.15) is 5.56 Å². The SMILES string of the molecule is O=C(CCl)NCCc1ccc(N2CCN(C(=O)O)CC2)c(OC(F)F)c1. The van der Waals surface area contributed by atoms with Gasteiger partial charge in [-0.3, -0.25) is 4.79 Å². The molecule has 1 aliphatic heterocycles. The number of ether oxygens (including phenoxy) is 1. The van der Waals surface area contributed by atoms with Crippen molar-refractivity contribution in [3.63, 3.8) is 0 Å². The summed E-state index contributed by atoms with van der Waals surface area (Å²) in [6.07, 6.45) is -0.557. The van der Waals surface area contributed by atoms with Crippen molar-refractivity contribution < 1.29 is 28.2 Å². The summed E-state index contributed by atoms with van der Waals surface area (Å²) in [6, 6.07) is 4.95. The van der Waals surface area contributed by atoms with Gasteiger partial charge < -0.3 is 25.0 Å². The van der Waals surface area contributed by atoms with Gasteiger partial charge in [-0.25, -0.2) is 4.79 Å². The Morgan fingerprint density at radius 2 is 1.96 bits per heavy atom. The molecule has 144 valence electrons. The van der Waals surface area contributed by atoms with Gasteiger partial charge in [-0.05, 0) is 24.1 Å². The molecule has 0 saturated carbocycles. The number of halogens is 3. The third-order valence-electron chi connectivity index (χ3n) is 3.99. The zero-order valence-corrected chi connectivity index (χ0v) is 14.7. The van der Waals surface area contributed by atoms with E-state index in [0.29, 0.717) is 31.7 Å². The van der Waals surface area contributed by atoms with Crippen molar-refractivity contribution in [2.45, 2.75) is 13.0 Å². The van der Waals surface area contributed by atoms with Crippen molar-refractivity contribution in [1.29, 1.82) is 0 Å². The molecule has 26 heavy (non-hydrogen) atoms. The summed E-state index contributed by atoms with van der Waals surface area (Å²) in [6.45, 7) is -1.30. The highest BCUT2D eigenvalue weighted by atomic mass is 35.5. The van der Waals surface area contributed by atoms with Gasteiger partial charge in [-0.2, -0.15) is 8.78 Å². The maximum Gasteiger partial charge on any atom is 0.407 e. The van der Waals surface area contributed by atoms with Crippen molar-refractivity contribution in [3.8, 4) is 5.75 Å². The lowest BCUT2D eigenvalue weighted by molar-refractivity contribution is -0.118. The molecule has 2 N–H and O–H groups in total. The molecular weight excluding hydrogens is 372 g/mol. The van der Waals surface area contributed by atoms with E-state index in [4.69, 9.17) is 16.7 Å². The third kappa shape index (κ3) is 5.62. The summed E-state index contributed by atoms with van der Waals surface area (Å²) >= 11 is 5.39. The lowest BCUT2D eigenvalue weighted by Gasteiger charge is -2.35. The summed E-state index contributed by atoms with van der Waals surface area (Å²) in [7, 11) is 0. The van der Waals surface area contributed by atoms with E-state index >= 15 is 0 Å². The minimum Gasteiger partial charge on any atom is -0.465 e. The Morgan fingerprint density at radius 1 is 1.27 bits per heavy atom. The van der Waals surface area contributed by atoms with Crippen LogP contribution >= 0.6 is 11.6 Å². The Morgan fingerprint density at radius 3 is 2.54 bits per heavy atom. The molecule has 0 aliphatic carbocycles. The summed E-state index contributed by atoms with van der Waals surface area (Å²) in [4.78, 5) is 25.2. The van der Waals surface area contributed by atoms with Crippen LogP contribution in [0.15, 0.2) is 18.2 Å². The van der Waals surface area contributed by atoms with E-state index in [1.165, 1.54) is 11.0 Å². The van der Waals surface area contributed by atoms with Crippen LogP contribution in [-0.4, -0.2) is 67.2 Å². The minimum absolute atomic E-state index is 0.0324. The van der Waals surface area contributed by atoms with Crippen LogP contribution in [0.2, 0.25) is 0 Å². The molecule has 10 heteroatoms. The van der Waals surface area contributed by atoms with Gasteiger partial charge in [0.15, 0.2) is 0 Å². The molecule has 1 aliphatic rings. The van der Waals surface area contributed by atoms with Gasteiger partial charge in [0.2, 0.25) is 5.91 Å². The highest BCUT2D eigenvalue weighted by Gasteiger charge is 2.23. The van der Waals surface area contributed by atoms with Crippen molar-refractivity contribution in [2.75, 3.05) is 43.5 Å². The Balaban J connectivity index is 2.08. The first kappa shape index (κ1) is 20.0. The fourth-order valence-electron chi connectivity index (χ4n) is 2.70. The van der Waals surface area contributed by atoms with Crippen molar-refractivity contribution in [3.05, 3.63) is 23.8 Å². The van der Waals surface area contributed by atoms with Gasteiger partial charge in [0.1, 0.15) is 11.6 Å². The van der Waals surface area contributed by atoms with Crippen molar-refractivity contribution in [1.82, 2.24) is 10.2 Å². The Labute approximate surface area is 154 Å². The number of benzene rings is 1. The van der Waals surface area contributed by atoms with Crippen LogP contribution in [0.3, 0.4) is 0 Å². The molecule has 7 nitrogen and oxygen atoms in total. The van der Waals surface area contributed by atoms with Gasteiger partial charge in [-0.1, -0.05) is 6.07 Å². The average Bonchev–Trinajstić information content (AvgIpc) is 2.61. The predicted molar refractivity (Wildman–Crippen MR) is 92.3 cm³/mol. The molecule has 0 bridgehead atoms. The molecule has 0 aromatic heterocycles. The van der Waals surface area contributed by atoms with Crippen LogP contribution in [0.4, 0.5) is 19.3 Å². The molecule has 0 spiro atoms. The molecule has 1 aromatic carbocycles. The summed E-state index contributed by atoms with van der Waals surface area (Å²) in [5.74, 6) is -0.408. The van der Waals surface area contributed by atoms with E-state index in [-0.39, 0.29) is 30.6 Å². The second kappa shape index (κ2) is 9.42. The van der Waals surface area contributed by atoms with Crippen LogP contribution in [0.5, 0.6) is 5.75 Å². The highest BCUT2D eigenvalue weighted by Crippen LogP contribution is 2.32. The van der Waals surface area contributed by atoms with E-state index in [2.05, 4.69) is 10.1 Å².